The molecule has 1 aliphatic heterocycles. The smallest absolute Gasteiger partial charge is 0.323 e. The van der Waals surface area contributed by atoms with Crippen molar-refractivity contribution in [2.45, 2.75) is 34.1 Å². The molecule has 0 radical (unpaired) electrons. The van der Waals surface area contributed by atoms with Crippen molar-refractivity contribution >= 4 is 23.3 Å². The maximum absolute atomic E-state index is 13.3. The minimum Gasteiger partial charge on any atom is -0.491 e. The van der Waals surface area contributed by atoms with Crippen LogP contribution in [0.25, 0.3) is 0 Å². The fraction of sp³-hybridized carbons (Fsp3) is 0.429. The normalized spacial score (nSPS) is 18.9. The zero-order valence-corrected chi connectivity index (χ0v) is 16.1. The Balaban J connectivity index is 2.53. The van der Waals surface area contributed by atoms with E-state index in [0.717, 1.165) is 0 Å². The van der Waals surface area contributed by atoms with Gasteiger partial charge in [0.25, 0.3) is 0 Å². The SMILES string of the molecule is C=C(CC1(C(=O)OCC)COc2ccccc2C1=O)C(C)(C(C)=O)C(C)=O. The highest BCUT2D eigenvalue weighted by atomic mass is 16.5. The third kappa shape index (κ3) is 3.31. The second kappa shape index (κ2) is 7.47. The van der Waals surface area contributed by atoms with E-state index in [0.29, 0.717) is 5.75 Å². The number of para-hydroxylation sites is 1. The van der Waals surface area contributed by atoms with E-state index in [1.54, 1.807) is 31.2 Å². The fourth-order valence-corrected chi connectivity index (χ4v) is 3.22. The number of allylic oxidation sites excluding steroid dienone is 1. The summed E-state index contributed by atoms with van der Waals surface area (Å²) >= 11 is 0. The van der Waals surface area contributed by atoms with Gasteiger partial charge < -0.3 is 9.47 Å². The summed E-state index contributed by atoms with van der Waals surface area (Å²) in [6.45, 7) is 9.40. The quantitative estimate of drug-likeness (QED) is 0.415. The first-order valence-corrected chi connectivity index (χ1v) is 8.75. The first-order valence-electron chi connectivity index (χ1n) is 8.75. The molecule has 0 aromatic heterocycles. The maximum atomic E-state index is 13.3. The summed E-state index contributed by atoms with van der Waals surface area (Å²) in [5, 5.41) is 0. The Bertz CT molecular complexity index is 808. The van der Waals surface area contributed by atoms with Gasteiger partial charge in [0, 0.05) is 0 Å². The number of ether oxygens (including phenoxy) is 2. The number of ketones is 3. The molecule has 0 spiro atoms. The van der Waals surface area contributed by atoms with Crippen LogP contribution in [0, 0.1) is 10.8 Å². The number of hydrogen-bond acceptors (Lipinski definition) is 6. The lowest BCUT2D eigenvalue weighted by Gasteiger charge is -2.37. The van der Waals surface area contributed by atoms with Crippen LogP contribution in [0.2, 0.25) is 0 Å². The van der Waals surface area contributed by atoms with Gasteiger partial charge in [0.05, 0.1) is 12.2 Å². The zero-order valence-electron chi connectivity index (χ0n) is 16.1. The van der Waals surface area contributed by atoms with Gasteiger partial charge in [0.15, 0.2) is 11.2 Å². The first kappa shape index (κ1) is 20.6. The van der Waals surface area contributed by atoms with Crippen molar-refractivity contribution in [3.05, 3.63) is 42.0 Å². The largest absolute Gasteiger partial charge is 0.491 e. The average Bonchev–Trinajstić information content (AvgIpc) is 2.63. The predicted octanol–water partition coefficient (Wildman–Crippen LogP) is 2.94. The maximum Gasteiger partial charge on any atom is 0.323 e. The third-order valence-electron chi connectivity index (χ3n) is 5.34. The highest BCUT2D eigenvalue weighted by Crippen LogP contribution is 2.43. The van der Waals surface area contributed by atoms with Gasteiger partial charge >= 0.3 is 5.97 Å². The number of benzene rings is 1. The number of fused-ring (bicyclic) bond motifs is 1. The minimum absolute atomic E-state index is 0.0820. The van der Waals surface area contributed by atoms with Crippen molar-refractivity contribution in [2.24, 2.45) is 10.8 Å². The lowest BCUT2D eigenvalue weighted by atomic mass is 9.67. The van der Waals surface area contributed by atoms with E-state index in [-0.39, 0.29) is 30.8 Å². The van der Waals surface area contributed by atoms with Crippen LogP contribution in [0.4, 0.5) is 0 Å². The zero-order chi connectivity index (χ0) is 20.4. The summed E-state index contributed by atoms with van der Waals surface area (Å²) in [6.07, 6.45) is -0.214. The van der Waals surface area contributed by atoms with Crippen molar-refractivity contribution in [2.75, 3.05) is 13.2 Å². The molecule has 0 bridgehead atoms. The van der Waals surface area contributed by atoms with Gasteiger partial charge in [-0.3, -0.25) is 19.2 Å². The van der Waals surface area contributed by atoms with Crippen molar-refractivity contribution < 1.29 is 28.7 Å². The van der Waals surface area contributed by atoms with Gasteiger partial charge in [-0.1, -0.05) is 24.3 Å². The topological polar surface area (TPSA) is 86.7 Å². The van der Waals surface area contributed by atoms with Crippen molar-refractivity contribution in [3.63, 3.8) is 0 Å². The van der Waals surface area contributed by atoms with Crippen molar-refractivity contribution in [3.8, 4) is 5.75 Å². The summed E-state index contributed by atoms with van der Waals surface area (Å²) in [5.41, 5.74) is -2.73. The number of carbonyl (C=O) groups is 4. The number of carbonyl (C=O) groups excluding carboxylic acids is 4. The van der Waals surface area contributed by atoms with Gasteiger partial charge in [-0.15, -0.1) is 0 Å². The molecule has 0 fully saturated rings. The first-order chi connectivity index (χ1) is 12.6. The summed E-state index contributed by atoms with van der Waals surface area (Å²) in [6, 6.07) is 6.62. The summed E-state index contributed by atoms with van der Waals surface area (Å²) < 4.78 is 10.8. The van der Waals surface area contributed by atoms with Gasteiger partial charge in [0.1, 0.15) is 29.3 Å². The second-order valence-electron chi connectivity index (χ2n) is 6.93. The van der Waals surface area contributed by atoms with Gasteiger partial charge in [-0.2, -0.15) is 0 Å². The number of rotatable bonds is 7. The molecule has 0 amide bonds. The Hall–Kier alpha value is -2.76. The van der Waals surface area contributed by atoms with Crippen LogP contribution >= 0.6 is 0 Å². The Morgan fingerprint density at radius 2 is 1.81 bits per heavy atom. The van der Waals surface area contributed by atoms with E-state index in [2.05, 4.69) is 6.58 Å². The predicted molar refractivity (Wildman–Crippen MR) is 98.6 cm³/mol. The Kier molecular flexibility index (Phi) is 5.68. The lowest BCUT2D eigenvalue weighted by Crippen LogP contribution is -2.50. The Morgan fingerprint density at radius 1 is 1.22 bits per heavy atom. The van der Waals surface area contributed by atoms with E-state index in [9.17, 15) is 19.2 Å². The van der Waals surface area contributed by atoms with Crippen LogP contribution in [-0.4, -0.2) is 36.5 Å². The molecule has 6 heteroatoms. The molecule has 0 aliphatic carbocycles. The molecular formula is C21H24O6. The van der Waals surface area contributed by atoms with Crippen LogP contribution in [0.15, 0.2) is 36.4 Å². The van der Waals surface area contributed by atoms with Crippen LogP contribution < -0.4 is 4.74 Å². The fourth-order valence-electron chi connectivity index (χ4n) is 3.22. The molecule has 1 heterocycles. The second-order valence-corrected chi connectivity index (χ2v) is 6.93. The van der Waals surface area contributed by atoms with Gasteiger partial charge in [0.2, 0.25) is 0 Å². The summed E-state index contributed by atoms with van der Waals surface area (Å²) in [4.78, 5) is 50.4. The monoisotopic (exact) mass is 372 g/mol. The minimum atomic E-state index is -1.69. The molecule has 6 nitrogen and oxygen atoms in total. The average molecular weight is 372 g/mol. The van der Waals surface area contributed by atoms with E-state index in [1.807, 2.05) is 0 Å². The Morgan fingerprint density at radius 3 is 2.37 bits per heavy atom. The molecule has 1 unspecified atom stereocenters. The van der Waals surface area contributed by atoms with Gasteiger partial charge in [-0.05, 0) is 46.2 Å². The molecule has 1 aromatic rings. The van der Waals surface area contributed by atoms with Crippen molar-refractivity contribution in [1.82, 2.24) is 0 Å². The molecule has 27 heavy (non-hydrogen) atoms. The molecule has 0 N–H and O–H groups in total. The van der Waals surface area contributed by atoms with Crippen LogP contribution in [0.3, 0.4) is 0 Å². The summed E-state index contributed by atoms with van der Waals surface area (Å²) in [5.74, 6) is -1.63. The molecular weight excluding hydrogens is 348 g/mol. The molecule has 0 saturated carbocycles. The lowest BCUT2D eigenvalue weighted by molar-refractivity contribution is -0.155. The van der Waals surface area contributed by atoms with E-state index in [4.69, 9.17) is 9.47 Å². The third-order valence-corrected chi connectivity index (χ3v) is 5.34. The van der Waals surface area contributed by atoms with Crippen LogP contribution in [-0.2, 0) is 19.1 Å². The molecule has 1 aromatic carbocycles. The number of hydrogen-bond donors (Lipinski definition) is 0. The molecule has 1 atom stereocenters. The van der Waals surface area contributed by atoms with E-state index < -0.39 is 34.1 Å². The standard InChI is InChI=1S/C21H24O6/c1-6-26-19(25)21(11-13(2)20(5,14(3)22)15(4)23)12-27-17-10-8-7-9-16(17)18(21)24/h7-10H,2,6,11-12H2,1,3-5H3. The molecule has 144 valence electrons. The van der Waals surface area contributed by atoms with E-state index in [1.165, 1.54) is 20.8 Å². The number of Topliss-reactive ketones (excluding diaryl/α,β-unsaturated/α-hetero) is 3. The highest BCUT2D eigenvalue weighted by Gasteiger charge is 2.54. The molecule has 1 aliphatic rings. The highest BCUT2D eigenvalue weighted by molar-refractivity contribution is 6.15. The molecule has 2 rings (SSSR count). The summed E-state index contributed by atoms with van der Waals surface area (Å²) in [7, 11) is 0. The van der Waals surface area contributed by atoms with Crippen LogP contribution in [0.5, 0.6) is 5.75 Å². The van der Waals surface area contributed by atoms with Gasteiger partial charge in [-0.25, -0.2) is 0 Å². The number of esters is 1. The van der Waals surface area contributed by atoms with Crippen LogP contribution in [0.1, 0.15) is 44.5 Å². The Labute approximate surface area is 158 Å². The van der Waals surface area contributed by atoms with Crippen molar-refractivity contribution in [1.29, 1.82) is 0 Å². The van der Waals surface area contributed by atoms with E-state index >= 15 is 0 Å². The molecule has 0 saturated heterocycles.